The molecule has 106 valence electrons. The van der Waals surface area contributed by atoms with Gasteiger partial charge in [0.25, 0.3) is 0 Å². The molecule has 5 nitrogen and oxygen atoms in total. The van der Waals surface area contributed by atoms with Crippen LogP contribution in [0.25, 0.3) is 0 Å². The van der Waals surface area contributed by atoms with Crippen LogP contribution in [-0.4, -0.2) is 25.8 Å². The second kappa shape index (κ2) is 5.83. The number of rotatable bonds is 5. The largest absolute Gasteiger partial charge is 0.493 e. The van der Waals surface area contributed by atoms with Crippen molar-refractivity contribution >= 4 is 5.97 Å². The molecule has 0 unspecified atom stereocenters. The average molecular weight is 275 g/mol. The van der Waals surface area contributed by atoms with E-state index < -0.39 is 5.60 Å². The Morgan fingerprint density at radius 2 is 2.10 bits per heavy atom. The fraction of sp³-hybridized carbons (Fsp3) is 0.467. The zero-order valence-electron chi connectivity index (χ0n) is 11.6. The second-order valence-corrected chi connectivity index (χ2v) is 4.87. The Hall–Kier alpha value is -2.22. The van der Waals surface area contributed by atoms with E-state index in [0.717, 1.165) is 19.3 Å². The zero-order chi connectivity index (χ0) is 14.6. The lowest BCUT2D eigenvalue weighted by atomic mass is 9.77. The lowest BCUT2D eigenvalue weighted by molar-refractivity contribution is -0.148. The fourth-order valence-corrected chi connectivity index (χ4v) is 2.28. The standard InChI is InChI=1S/C15H17NO4/c1-18-13-8-11(10-16)4-5-12(13)20-15(6-3-7-15)9-14(17)19-2/h4-5,8H,3,6-7,9H2,1-2H3. The third-order valence-electron chi connectivity index (χ3n) is 3.58. The molecule has 0 radical (unpaired) electrons. The van der Waals surface area contributed by atoms with Gasteiger partial charge < -0.3 is 14.2 Å². The SMILES string of the molecule is COC(=O)CC1(Oc2ccc(C#N)cc2OC)CCC1. The van der Waals surface area contributed by atoms with E-state index in [-0.39, 0.29) is 12.4 Å². The zero-order valence-corrected chi connectivity index (χ0v) is 11.6. The minimum atomic E-state index is -0.505. The summed E-state index contributed by atoms with van der Waals surface area (Å²) in [6.45, 7) is 0. The number of carbonyl (C=O) groups is 1. The summed E-state index contributed by atoms with van der Waals surface area (Å²) in [5, 5.41) is 8.88. The molecule has 1 fully saturated rings. The second-order valence-electron chi connectivity index (χ2n) is 4.87. The van der Waals surface area contributed by atoms with Crippen molar-refractivity contribution < 1.29 is 19.0 Å². The van der Waals surface area contributed by atoms with Gasteiger partial charge in [0.2, 0.25) is 0 Å². The predicted octanol–water partition coefficient (Wildman–Crippen LogP) is 2.43. The lowest BCUT2D eigenvalue weighted by Crippen LogP contribution is -2.45. The highest BCUT2D eigenvalue weighted by Crippen LogP contribution is 2.42. The van der Waals surface area contributed by atoms with Crippen LogP contribution in [0.3, 0.4) is 0 Å². The van der Waals surface area contributed by atoms with Crippen LogP contribution in [0.4, 0.5) is 0 Å². The van der Waals surface area contributed by atoms with Crippen LogP contribution in [0.15, 0.2) is 18.2 Å². The molecule has 0 spiro atoms. The Bertz CT molecular complexity index is 543. The molecule has 0 aromatic heterocycles. The third kappa shape index (κ3) is 2.85. The molecular formula is C15H17NO4. The Morgan fingerprint density at radius 1 is 1.35 bits per heavy atom. The summed E-state index contributed by atoms with van der Waals surface area (Å²) in [6, 6.07) is 7.05. The quantitative estimate of drug-likeness (QED) is 0.772. The van der Waals surface area contributed by atoms with Crippen LogP contribution in [-0.2, 0) is 9.53 Å². The van der Waals surface area contributed by atoms with E-state index in [9.17, 15) is 4.79 Å². The first-order valence-corrected chi connectivity index (χ1v) is 6.46. The number of hydrogen-bond donors (Lipinski definition) is 0. The van der Waals surface area contributed by atoms with Crippen molar-refractivity contribution in [2.45, 2.75) is 31.3 Å². The fourth-order valence-electron chi connectivity index (χ4n) is 2.28. The van der Waals surface area contributed by atoms with Gasteiger partial charge in [0.15, 0.2) is 11.5 Å². The maximum atomic E-state index is 11.5. The van der Waals surface area contributed by atoms with Crippen LogP contribution in [0.1, 0.15) is 31.2 Å². The van der Waals surface area contributed by atoms with E-state index in [1.807, 2.05) is 0 Å². The molecule has 1 saturated carbocycles. The van der Waals surface area contributed by atoms with Crippen LogP contribution in [0, 0.1) is 11.3 Å². The van der Waals surface area contributed by atoms with Gasteiger partial charge in [-0.05, 0) is 31.4 Å². The summed E-state index contributed by atoms with van der Waals surface area (Å²) < 4.78 is 16.0. The van der Waals surface area contributed by atoms with E-state index in [1.165, 1.54) is 14.2 Å². The number of benzene rings is 1. The molecular weight excluding hydrogens is 258 g/mol. The normalized spacial score (nSPS) is 15.7. The molecule has 1 aromatic carbocycles. The van der Waals surface area contributed by atoms with Gasteiger partial charge >= 0.3 is 5.97 Å². The first-order valence-electron chi connectivity index (χ1n) is 6.46. The number of ether oxygens (including phenoxy) is 3. The molecule has 0 heterocycles. The Labute approximate surface area is 118 Å². The van der Waals surface area contributed by atoms with Gasteiger partial charge in [-0.3, -0.25) is 4.79 Å². The van der Waals surface area contributed by atoms with E-state index in [2.05, 4.69) is 6.07 Å². The first kappa shape index (κ1) is 14.2. The maximum absolute atomic E-state index is 11.5. The highest BCUT2D eigenvalue weighted by molar-refractivity contribution is 5.70. The summed E-state index contributed by atoms with van der Waals surface area (Å²) in [7, 11) is 2.90. The number of nitriles is 1. The van der Waals surface area contributed by atoms with E-state index >= 15 is 0 Å². The third-order valence-corrected chi connectivity index (χ3v) is 3.58. The molecule has 0 N–H and O–H groups in total. The highest BCUT2D eigenvalue weighted by atomic mass is 16.5. The van der Waals surface area contributed by atoms with Gasteiger partial charge in [0, 0.05) is 6.07 Å². The molecule has 0 aliphatic heterocycles. The van der Waals surface area contributed by atoms with Gasteiger partial charge in [-0.1, -0.05) is 0 Å². The van der Waals surface area contributed by atoms with E-state index in [1.54, 1.807) is 18.2 Å². The molecule has 20 heavy (non-hydrogen) atoms. The maximum Gasteiger partial charge on any atom is 0.309 e. The van der Waals surface area contributed by atoms with Gasteiger partial charge in [0.05, 0.1) is 32.3 Å². The molecule has 1 aliphatic carbocycles. The molecule has 5 heteroatoms. The van der Waals surface area contributed by atoms with Crippen LogP contribution >= 0.6 is 0 Å². The van der Waals surface area contributed by atoms with Crippen molar-refractivity contribution in [3.63, 3.8) is 0 Å². The molecule has 1 aromatic rings. The lowest BCUT2D eigenvalue weighted by Gasteiger charge is -2.41. The number of nitrogens with zero attached hydrogens (tertiary/aromatic N) is 1. The van der Waals surface area contributed by atoms with E-state index in [4.69, 9.17) is 19.5 Å². The number of methoxy groups -OCH3 is 2. The number of esters is 1. The predicted molar refractivity (Wildman–Crippen MR) is 71.6 cm³/mol. The van der Waals surface area contributed by atoms with Crippen LogP contribution in [0.2, 0.25) is 0 Å². The molecule has 0 bridgehead atoms. The van der Waals surface area contributed by atoms with Gasteiger partial charge in [-0.15, -0.1) is 0 Å². The molecule has 2 rings (SSSR count). The number of hydrogen-bond acceptors (Lipinski definition) is 5. The van der Waals surface area contributed by atoms with Crippen molar-refractivity contribution in [1.82, 2.24) is 0 Å². The molecule has 0 saturated heterocycles. The minimum absolute atomic E-state index is 0.229. The van der Waals surface area contributed by atoms with Gasteiger partial charge in [-0.2, -0.15) is 5.26 Å². The average Bonchev–Trinajstić information content (AvgIpc) is 2.44. The summed E-state index contributed by atoms with van der Waals surface area (Å²) >= 11 is 0. The highest BCUT2D eigenvalue weighted by Gasteiger charge is 2.42. The summed E-state index contributed by atoms with van der Waals surface area (Å²) in [5.74, 6) is 0.771. The Kier molecular flexibility index (Phi) is 4.14. The topological polar surface area (TPSA) is 68.5 Å². The van der Waals surface area contributed by atoms with Crippen molar-refractivity contribution in [3.8, 4) is 17.6 Å². The Balaban J connectivity index is 2.19. The van der Waals surface area contributed by atoms with Crippen molar-refractivity contribution in [3.05, 3.63) is 23.8 Å². The van der Waals surface area contributed by atoms with Gasteiger partial charge in [-0.25, -0.2) is 0 Å². The first-order chi connectivity index (χ1) is 9.62. The Morgan fingerprint density at radius 3 is 2.60 bits per heavy atom. The minimum Gasteiger partial charge on any atom is -0.493 e. The van der Waals surface area contributed by atoms with E-state index in [0.29, 0.717) is 17.1 Å². The van der Waals surface area contributed by atoms with Crippen LogP contribution < -0.4 is 9.47 Å². The van der Waals surface area contributed by atoms with Crippen molar-refractivity contribution in [1.29, 1.82) is 5.26 Å². The summed E-state index contributed by atoms with van der Waals surface area (Å²) in [4.78, 5) is 11.5. The van der Waals surface area contributed by atoms with Crippen LogP contribution in [0.5, 0.6) is 11.5 Å². The molecule has 0 amide bonds. The smallest absolute Gasteiger partial charge is 0.309 e. The summed E-state index contributed by atoms with van der Waals surface area (Å²) in [6.07, 6.45) is 2.87. The molecule has 0 atom stereocenters. The monoisotopic (exact) mass is 275 g/mol. The van der Waals surface area contributed by atoms with Crippen molar-refractivity contribution in [2.24, 2.45) is 0 Å². The molecule has 1 aliphatic rings. The van der Waals surface area contributed by atoms with Crippen molar-refractivity contribution in [2.75, 3.05) is 14.2 Å². The summed E-state index contributed by atoms with van der Waals surface area (Å²) in [5.41, 5.74) is -0.000954. The van der Waals surface area contributed by atoms with Gasteiger partial charge in [0.1, 0.15) is 5.60 Å². The number of carbonyl (C=O) groups excluding carboxylic acids is 1.